The normalized spacial score (nSPS) is 41.3. The summed E-state index contributed by atoms with van der Waals surface area (Å²) < 4.78 is 35.3. The van der Waals surface area contributed by atoms with Crippen LogP contribution in [0.5, 0.6) is 0 Å². The Hall–Kier alpha value is -0.880. The van der Waals surface area contributed by atoms with E-state index in [0.717, 1.165) is 12.0 Å². The molecule has 3 N–H and O–H groups in total. The Morgan fingerprint density at radius 3 is 2.56 bits per heavy atom. The molecule has 0 spiro atoms. The number of carbonyl (C=O) groups is 3. The average Bonchev–Trinajstić information content (AvgIpc) is 3.02. The number of rotatable bonds is 6. The Bertz CT molecular complexity index is 1110. The van der Waals surface area contributed by atoms with Crippen molar-refractivity contribution in [1.29, 1.82) is 0 Å². The third-order valence-corrected chi connectivity index (χ3v) is 10.1. The molecular formula is C25H35NaO9S. The molecule has 0 saturated heterocycles. The molecule has 9 nitrogen and oxygen atoms in total. The van der Waals surface area contributed by atoms with Gasteiger partial charge in [-0.3, -0.25) is 18.9 Å². The van der Waals surface area contributed by atoms with Crippen LogP contribution in [0.15, 0.2) is 23.8 Å². The number of esters is 1. The molecule has 11 heteroatoms. The molecule has 3 fully saturated rings. The first-order valence-corrected chi connectivity index (χ1v) is 13.7. The molecule has 0 unspecified atom stereocenters. The number of allylic oxidation sites excluding steroid dienone is 4. The number of hydrogen-bond donors (Lipinski definition) is 3. The molecule has 0 aliphatic heterocycles. The number of hydrogen-bond acceptors (Lipinski definition) is 8. The minimum absolute atomic E-state index is 0. The fourth-order valence-electron chi connectivity index (χ4n) is 7.76. The van der Waals surface area contributed by atoms with Gasteiger partial charge in [-0.05, 0) is 55.6 Å². The van der Waals surface area contributed by atoms with Crippen LogP contribution in [0.2, 0.25) is 0 Å². The van der Waals surface area contributed by atoms with Crippen molar-refractivity contribution >= 4 is 57.2 Å². The molecule has 0 bridgehead atoms. The summed E-state index contributed by atoms with van der Waals surface area (Å²) in [7, 11) is -4.34. The van der Waals surface area contributed by atoms with Gasteiger partial charge < -0.3 is 14.9 Å². The van der Waals surface area contributed by atoms with Crippen LogP contribution in [-0.4, -0.2) is 94.3 Å². The van der Waals surface area contributed by atoms with E-state index in [1.807, 2.05) is 13.0 Å². The summed E-state index contributed by atoms with van der Waals surface area (Å²) in [4.78, 5) is 37.1. The molecule has 8 atom stereocenters. The minimum atomic E-state index is -4.34. The van der Waals surface area contributed by atoms with E-state index in [-0.39, 0.29) is 71.9 Å². The molecule has 0 amide bonds. The van der Waals surface area contributed by atoms with Crippen LogP contribution in [0, 0.1) is 34.5 Å². The fraction of sp³-hybridized carbons (Fsp3) is 0.720. The van der Waals surface area contributed by atoms with Gasteiger partial charge in [-0.25, -0.2) is 0 Å². The van der Waals surface area contributed by atoms with Gasteiger partial charge in [0.05, 0.1) is 18.3 Å². The first-order valence-electron chi connectivity index (χ1n) is 12.1. The van der Waals surface area contributed by atoms with E-state index in [9.17, 15) is 33.0 Å². The van der Waals surface area contributed by atoms with E-state index in [4.69, 9.17) is 9.29 Å². The van der Waals surface area contributed by atoms with E-state index >= 15 is 0 Å². The van der Waals surface area contributed by atoms with Crippen LogP contribution in [0.25, 0.3) is 0 Å². The third kappa shape index (κ3) is 4.83. The van der Waals surface area contributed by atoms with E-state index < -0.39 is 63.2 Å². The van der Waals surface area contributed by atoms with E-state index in [0.29, 0.717) is 6.42 Å². The van der Waals surface area contributed by atoms with Gasteiger partial charge in [-0.1, -0.05) is 32.4 Å². The van der Waals surface area contributed by atoms with Crippen molar-refractivity contribution in [3.05, 3.63) is 23.8 Å². The predicted molar refractivity (Wildman–Crippen MR) is 132 cm³/mol. The molecule has 0 heterocycles. The van der Waals surface area contributed by atoms with Crippen molar-refractivity contribution in [3.63, 3.8) is 0 Å². The standard InChI is InChI=1S/C25H34O9S.Na.H/c1-14-10-16-17-5-8-25(30,20(28)13-34-21(29)6-9-35(31,32)33)24(17,3)12-19(27)22(16)23(2)7-4-15(26)11-18(14)23;;/h4,7,11,14,16-17,19,22,27,30H,5-6,8-10,12-13H2,1-3H3,(H,31,32,33);;/t14-,16-,17-,19-,22+,23-,24-,25-;;/m0../s1. The van der Waals surface area contributed by atoms with Gasteiger partial charge in [-0.2, -0.15) is 8.42 Å². The summed E-state index contributed by atoms with van der Waals surface area (Å²) in [5, 5.41) is 23.1. The average molecular weight is 535 g/mol. The number of aliphatic hydroxyl groups is 2. The van der Waals surface area contributed by atoms with Crippen LogP contribution in [0.1, 0.15) is 52.9 Å². The topological polar surface area (TPSA) is 155 Å². The van der Waals surface area contributed by atoms with Gasteiger partial charge in [0.25, 0.3) is 10.1 Å². The molecule has 4 aliphatic rings. The Labute approximate surface area is 233 Å². The molecule has 4 aliphatic carbocycles. The third-order valence-electron chi connectivity index (χ3n) is 9.36. The molecule has 0 aromatic heterocycles. The van der Waals surface area contributed by atoms with Crippen molar-refractivity contribution in [2.45, 2.75) is 64.6 Å². The van der Waals surface area contributed by atoms with Gasteiger partial charge in [-0.15, -0.1) is 0 Å². The number of ether oxygens (including phenoxy) is 1. The van der Waals surface area contributed by atoms with Gasteiger partial charge in [0.15, 0.2) is 12.4 Å². The Morgan fingerprint density at radius 2 is 1.92 bits per heavy atom. The second-order valence-electron chi connectivity index (χ2n) is 11.3. The van der Waals surface area contributed by atoms with Crippen LogP contribution in [0.4, 0.5) is 0 Å². The van der Waals surface area contributed by atoms with E-state index in [1.54, 1.807) is 12.2 Å². The zero-order valence-corrected chi connectivity index (χ0v) is 21.1. The molecule has 4 rings (SSSR count). The van der Waals surface area contributed by atoms with Crippen molar-refractivity contribution in [2.24, 2.45) is 34.5 Å². The van der Waals surface area contributed by atoms with Crippen molar-refractivity contribution < 1.29 is 42.3 Å². The van der Waals surface area contributed by atoms with Gasteiger partial charge in [0.1, 0.15) is 5.60 Å². The van der Waals surface area contributed by atoms with Crippen LogP contribution >= 0.6 is 0 Å². The van der Waals surface area contributed by atoms with Crippen LogP contribution in [0.3, 0.4) is 0 Å². The zero-order valence-electron chi connectivity index (χ0n) is 20.3. The first-order chi connectivity index (χ1) is 16.1. The van der Waals surface area contributed by atoms with Crippen LogP contribution in [-0.2, 0) is 29.2 Å². The van der Waals surface area contributed by atoms with Crippen molar-refractivity contribution in [1.82, 2.24) is 0 Å². The summed E-state index contributed by atoms with van der Waals surface area (Å²) in [6, 6.07) is 0. The number of fused-ring (bicyclic) bond motifs is 5. The van der Waals surface area contributed by atoms with E-state index in [1.165, 1.54) is 0 Å². The van der Waals surface area contributed by atoms with Gasteiger partial charge >= 0.3 is 35.5 Å². The molecule has 36 heavy (non-hydrogen) atoms. The Balaban J connectivity index is 0.00000361. The molecule has 0 aromatic rings. The van der Waals surface area contributed by atoms with Gasteiger partial charge in [0.2, 0.25) is 5.78 Å². The van der Waals surface area contributed by atoms with E-state index in [2.05, 4.69) is 13.8 Å². The molecule has 0 radical (unpaired) electrons. The quantitative estimate of drug-likeness (QED) is 0.257. The monoisotopic (exact) mass is 534 g/mol. The van der Waals surface area contributed by atoms with Crippen molar-refractivity contribution in [2.75, 3.05) is 12.4 Å². The first kappa shape index (κ1) is 29.7. The van der Waals surface area contributed by atoms with Crippen LogP contribution < -0.4 is 0 Å². The van der Waals surface area contributed by atoms with Gasteiger partial charge in [0, 0.05) is 16.7 Å². The summed E-state index contributed by atoms with van der Waals surface area (Å²) in [5.41, 5.74) is -2.19. The Kier molecular flexibility index (Phi) is 8.26. The molecule has 196 valence electrons. The maximum atomic E-state index is 13.2. The second-order valence-corrected chi connectivity index (χ2v) is 12.8. The summed E-state index contributed by atoms with van der Waals surface area (Å²) in [5.74, 6) is -2.56. The maximum absolute atomic E-state index is 13.2. The number of carbonyl (C=O) groups excluding carboxylic acids is 3. The SMILES string of the molecule is C[C@H]1C[C@@H]2[C@H]([C@@H](O)C[C@@]3(C)[C@H]2CC[C@]3(O)C(=O)COC(=O)CCS(=O)(=O)O)[C@@]2(C)C=CC(=O)C=C12.[NaH]. The van der Waals surface area contributed by atoms with Crippen molar-refractivity contribution in [3.8, 4) is 0 Å². The summed E-state index contributed by atoms with van der Waals surface area (Å²) in [6.45, 7) is 5.24. The number of aliphatic hydroxyl groups excluding tert-OH is 1. The zero-order chi connectivity index (χ0) is 26.0. The molecular weight excluding hydrogens is 499 g/mol. The molecule has 0 aromatic carbocycles. The fourth-order valence-corrected chi connectivity index (χ4v) is 8.19. The number of Topliss-reactive ketones (excluding diaryl/α,β-unsaturated/α-hetero) is 1. The molecule has 3 saturated carbocycles. The second kappa shape index (κ2) is 10.0. The summed E-state index contributed by atoms with van der Waals surface area (Å²) in [6.07, 6.45) is 5.42. The number of ketones is 2. The Morgan fingerprint density at radius 1 is 1.25 bits per heavy atom. The summed E-state index contributed by atoms with van der Waals surface area (Å²) >= 11 is 0. The predicted octanol–water partition coefficient (Wildman–Crippen LogP) is 0.984.